The van der Waals surface area contributed by atoms with Crippen molar-refractivity contribution in [2.75, 3.05) is 41.8 Å². The molecule has 0 bridgehead atoms. The molecule has 0 aromatic heterocycles. The summed E-state index contributed by atoms with van der Waals surface area (Å²) in [4.78, 5) is 37.6. The van der Waals surface area contributed by atoms with Gasteiger partial charge in [0.1, 0.15) is 0 Å². The topological polar surface area (TPSA) is 114 Å². The molecule has 1 saturated heterocycles. The van der Waals surface area contributed by atoms with Crippen molar-refractivity contribution in [3.63, 3.8) is 0 Å². The molecule has 31 heavy (non-hydrogen) atoms. The molecule has 9 nitrogen and oxygen atoms in total. The van der Waals surface area contributed by atoms with Gasteiger partial charge in [-0.2, -0.15) is 0 Å². The van der Waals surface area contributed by atoms with Gasteiger partial charge in [-0.05, 0) is 36.2 Å². The Bertz CT molecular complexity index is 953. The predicted molar refractivity (Wildman–Crippen MR) is 119 cm³/mol. The maximum absolute atomic E-state index is 13.0. The van der Waals surface area contributed by atoms with Crippen LogP contribution in [0.5, 0.6) is 0 Å². The maximum atomic E-state index is 13.0. The van der Waals surface area contributed by atoms with E-state index >= 15 is 0 Å². The largest absolute Gasteiger partial charge is 0.378 e. The van der Waals surface area contributed by atoms with Gasteiger partial charge in [0, 0.05) is 43.0 Å². The lowest BCUT2D eigenvalue weighted by Gasteiger charge is -2.30. The molecule has 0 unspecified atom stereocenters. The highest BCUT2D eigenvalue weighted by atomic mass is 16.6. The summed E-state index contributed by atoms with van der Waals surface area (Å²) in [6, 6.07) is 11.0. The lowest BCUT2D eigenvalue weighted by atomic mass is 10.1. The van der Waals surface area contributed by atoms with Crippen molar-refractivity contribution < 1.29 is 19.2 Å². The molecule has 2 amide bonds. The molecule has 0 saturated carbocycles. The van der Waals surface area contributed by atoms with E-state index in [4.69, 9.17) is 4.74 Å². The van der Waals surface area contributed by atoms with Gasteiger partial charge >= 0.3 is 0 Å². The first-order valence-electron chi connectivity index (χ1n) is 10.2. The number of nitro benzene ring substituents is 1. The number of anilines is 3. The number of carbonyl (C=O) groups excluding carboxylic acids is 2. The Hall–Kier alpha value is -3.46. The molecule has 3 rings (SSSR count). The van der Waals surface area contributed by atoms with Crippen LogP contribution < -0.4 is 15.5 Å². The zero-order chi connectivity index (χ0) is 22.4. The highest BCUT2D eigenvalue weighted by Gasteiger charge is 2.22. The highest BCUT2D eigenvalue weighted by molar-refractivity contribution is 6.08. The predicted octanol–water partition coefficient (Wildman–Crippen LogP) is 3.67. The first kappa shape index (κ1) is 22.2. The average molecular weight is 426 g/mol. The maximum Gasteiger partial charge on any atom is 0.270 e. The minimum absolute atomic E-state index is 0.0708. The number of rotatable bonds is 7. The molecule has 164 valence electrons. The SMILES string of the molecule is CC(C)CC(=O)Nc1ccc(NC(=O)c2cc([N+](=O)[O-])ccc2N2CCOCC2)cc1. The minimum atomic E-state index is -0.519. The van der Waals surface area contributed by atoms with Crippen LogP contribution in [0.1, 0.15) is 30.6 Å². The molecule has 0 aliphatic carbocycles. The van der Waals surface area contributed by atoms with Gasteiger partial charge in [-0.3, -0.25) is 19.7 Å². The standard InChI is InChI=1S/C22H26N4O5/c1-15(2)13-21(27)23-16-3-5-17(6-4-16)24-22(28)19-14-18(26(29)30)7-8-20(19)25-9-11-31-12-10-25/h3-8,14-15H,9-13H2,1-2H3,(H,23,27)(H,24,28). The van der Waals surface area contributed by atoms with Crippen molar-refractivity contribution in [3.8, 4) is 0 Å². The van der Waals surface area contributed by atoms with E-state index in [1.807, 2.05) is 18.7 Å². The van der Waals surface area contributed by atoms with E-state index in [-0.39, 0.29) is 23.1 Å². The number of amides is 2. The van der Waals surface area contributed by atoms with Crippen molar-refractivity contribution in [3.05, 3.63) is 58.1 Å². The van der Waals surface area contributed by atoms with Gasteiger partial charge in [0.25, 0.3) is 11.6 Å². The van der Waals surface area contributed by atoms with E-state index in [0.717, 1.165) is 0 Å². The van der Waals surface area contributed by atoms with Crippen LogP contribution in [-0.4, -0.2) is 43.0 Å². The van der Waals surface area contributed by atoms with Crippen LogP contribution in [-0.2, 0) is 9.53 Å². The number of nitrogens with one attached hydrogen (secondary N) is 2. The van der Waals surface area contributed by atoms with Crippen LogP contribution in [0.3, 0.4) is 0 Å². The molecule has 9 heteroatoms. The molecule has 1 fully saturated rings. The Morgan fingerprint density at radius 2 is 1.68 bits per heavy atom. The quantitative estimate of drug-likeness (QED) is 0.516. The first-order valence-corrected chi connectivity index (χ1v) is 10.2. The number of morpholine rings is 1. The fourth-order valence-electron chi connectivity index (χ4n) is 3.32. The normalized spacial score (nSPS) is 13.7. The second-order valence-corrected chi connectivity index (χ2v) is 7.74. The molecule has 1 heterocycles. The molecule has 2 aromatic carbocycles. The van der Waals surface area contributed by atoms with Crippen molar-refractivity contribution in [1.29, 1.82) is 0 Å². The highest BCUT2D eigenvalue weighted by Crippen LogP contribution is 2.27. The van der Waals surface area contributed by atoms with Gasteiger partial charge in [-0.25, -0.2) is 0 Å². The van der Waals surface area contributed by atoms with Gasteiger partial charge in [0.05, 0.1) is 29.4 Å². The third kappa shape index (κ3) is 6.02. The van der Waals surface area contributed by atoms with Gasteiger partial charge in [0.2, 0.25) is 5.91 Å². The van der Waals surface area contributed by atoms with Crippen LogP contribution >= 0.6 is 0 Å². The molecule has 2 N–H and O–H groups in total. The number of hydrogen-bond donors (Lipinski definition) is 2. The number of non-ortho nitro benzene ring substituents is 1. The number of ether oxygens (including phenoxy) is 1. The van der Waals surface area contributed by atoms with Crippen LogP contribution in [0.4, 0.5) is 22.7 Å². The number of carbonyl (C=O) groups is 2. The molecule has 1 aliphatic heterocycles. The second-order valence-electron chi connectivity index (χ2n) is 7.74. The second kappa shape index (κ2) is 10.0. The zero-order valence-corrected chi connectivity index (χ0v) is 17.6. The monoisotopic (exact) mass is 426 g/mol. The summed E-state index contributed by atoms with van der Waals surface area (Å²) in [5, 5.41) is 16.8. The molecule has 2 aromatic rings. The molecule has 0 atom stereocenters. The number of nitrogens with zero attached hydrogens (tertiary/aromatic N) is 2. The van der Waals surface area contributed by atoms with Crippen LogP contribution in [0, 0.1) is 16.0 Å². The third-order valence-corrected chi connectivity index (χ3v) is 4.81. The van der Waals surface area contributed by atoms with Crippen molar-refractivity contribution in [2.24, 2.45) is 5.92 Å². The summed E-state index contributed by atoms with van der Waals surface area (Å²) in [6.07, 6.45) is 0.426. The lowest BCUT2D eigenvalue weighted by Crippen LogP contribution is -2.37. The van der Waals surface area contributed by atoms with E-state index in [1.165, 1.54) is 12.1 Å². The summed E-state index contributed by atoms with van der Waals surface area (Å²) in [5.41, 5.74) is 1.86. The van der Waals surface area contributed by atoms with E-state index < -0.39 is 10.8 Å². The molecule has 0 radical (unpaired) electrons. The summed E-state index contributed by atoms with van der Waals surface area (Å²) >= 11 is 0. The van der Waals surface area contributed by atoms with Crippen LogP contribution in [0.2, 0.25) is 0 Å². The molecule has 0 spiro atoms. The fourth-order valence-corrected chi connectivity index (χ4v) is 3.32. The Balaban J connectivity index is 1.76. The van der Waals surface area contributed by atoms with Gasteiger partial charge in [-0.1, -0.05) is 13.8 Å². The Labute approximate surface area is 180 Å². The van der Waals surface area contributed by atoms with E-state index in [9.17, 15) is 19.7 Å². The summed E-state index contributed by atoms with van der Waals surface area (Å²) in [5.74, 6) is -0.255. The molecular weight excluding hydrogens is 400 g/mol. The van der Waals surface area contributed by atoms with Crippen molar-refractivity contribution in [2.45, 2.75) is 20.3 Å². The Morgan fingerprint density at radius 3 is 2.26 bits per heavy atom. The van der Waals surface area contributed by atoms with Crippen LogP contribution in [0.15, 0.2) is 42.5 Å². The van der Waals surface area contributed by atoms with E-state index in [1.54, 1.807) is 30.3 Å². The zero-order valence-electron chi connectivity index (χ0n) is 17.6. The summed E-state index contributed by atoms with van der Waals surface area (Å²) < 4.78 is 5.36. The van der Waals surface area contributed by atoms with E-state index in [0.29, 0.717) is 49.8 Å². The number of hydrogen-bond acceptors (Lipinski definition) is 6. The van der Waals surface area contributed by atoms with Gasteiger partial charge in [0.15, 0.2) is 0 Å². The number of benzene rings is 2. The lowest BCUT2D eigenvalue weighted by molar-refractivity contribution is -0.384. The summed E-state index contributed by atoms with van der Waals surface area (Å²) in [7, 11) is 0. The average Bonchev–Trinajstić information content (AvgIpc) is 2.74. The fraction of sp³-hybridized carbons (Fsp3) is 0.364. The smallest absolute Gasteiger partial charge is 0.270 e. The van der Waals surface area contributed by atoms with Crippen LogP contribution in [0.25, 0.3) is 0 Å². The number of nitro groups is 1. The Morgan fingerprint density at radius 1 is 1.06 bits per heavy atom. The van der Waals surface area contributed by atoms with Crippen molar-refractivity contribution in [1.82, 2.24) is 0 Å². The Kier molecular flexibility index (Phi) is 7.19. The third-order valence-electron chi connectivity index (χ3n) is 4.81. The molecular formula is C22H26N4O5. The van der Waals surface area contributed by atoms with Gasteiger partial charge < -0.3 is 20.3 Å². The van der Waals surface area contributed by atoms with E-state index in [2.05, 4.69) is 10.6 Å². The minimum Gasteiger partial charge on any atom is -0.378 e. The summed E-state index contributed by atoms with van der Waals surface area (Å²) in [6.45, 7) is 6.20. The molecule has 1 aliphatic rings. The van der Waals surface area contributed by atoms with Crippen molar-refractivity contribution >= 4 is 34.6 Å². The van der Waals surface area contributed by atoms with Gasteiger partial charge in [-0.15, -0.1) is 0 Å². The first-order chi connectivity index (χ1) is 14.8.